The number of carbonyl (C=O) groups excluding carboxylic acids is 1. The molecule has 0 aliphatic heterocycles. The zero-order chi connectivity index (χ0) is 34.0. The van der Waals surface area contributed by atoms with Gasteiger partial charge in [-0.25, -0.2) is 0 Å². The van der Waals surface area contributed by atoms with Gasteiger partial charge in [0.1, 0.15) is 25.1 Å². The number of rotatable bonds is 20. The zero-order valence-corrected chi connectivity index (χ0v) is 28.5. The van der Waals surface area contributed by atoms with E-state index in [9.17, 15) is 9.90 Å². The maximum Gasteiger partial charge on any atom is 0.162 e. The smallest absolute Gasteiger partial charge is 0.162 e. The lowest BCUT2D eigenvalue weighted by molar-refractivity contribution is -0.113. The fraction of sp³-hybridized carbons (Fsp3) is 0.326. The molecule has 252 valence electrons. The summed E-state index contributed by atoms with van der Waals surface area (Å²) in [5.41, 5.74) is 4.61. The predicted octanol–water partition coefficient (Wildman–Crippen LogP) is 10.1. The van der Waals surface area contributed by atoms with E-state index in [4.69, 9.17) is 14.2 Å². The average Bonchev–Trinajstić information content (AvgIpc) is 3.11. The molecule has 2 unspecified atom stereocenters. The molecule has 0 radical (unpaired) electrons. The summed E-state index contributed by atoms with van der Waals surface area (Å²) in [5, 5.41) is 11.0. The first kappa shape index (κ1) is 36.2. The average molecular weight is 647 g/mol. The highest BCUT2D eigenvalue weighted by atomic mass is 16.5. The van der Waals surface area contributed by atoms with Crippen molar-refractivity contribution in [1.29, 1.82) is 0 Å². The van der Waals surface area contributed by atoms with E-state index in [0.717, 1.165) is 60.8 Å². The van der Waals surface area contributed by atoms with E-state index in [-0.39, 0.29) is 18.1 Å². The maximum atomic E-state index is 12.9. The number of carbonyl (C=O) groups is 1. The van der Waals surface area contributed by atoms with Gasteiger partial charge in [-0.05, 0) is 65.0 Å². The van der Waals surface area contributed by atoms with Crippen molar-refractivity contribution in [1.82, 2.24) is 0 Å². The van der Waals surface area contributed by atoms with Gasteiger partial charge in [-0.1, -0.05) is 137 Å². The number of hydrogen-bond acceptors (Lipinski definition) is 5. The molecule has 1 N–H and O–H groups in total. The molecule has 0 bridgehead atoms. The Balaban J connectivity index is 1.38. The molecule has 5 heteroatoms. The van der Waals surface area contributed by atoms with Crippen molar-refractivity contribution in [2.75, 3.05) is 6.61 Å². The molecule has 3 aromatic carbocycles. The van der Waals surface area contributed by atoms with Gasteiger partial charge in [0, 0.05) is 12.3 Å². The molecule has 0 heterocycles. The van der Waals surface area contributed by atoms with Crippen LogP contribution in [-0.4, -0.2) is 23.6 Å². The van der Waals surface area contributed by atoms with Crippen LogP contribution in [0.3, 0.4) is 0 Å². The third-order valence-corrected chi connectivity index (χ3v) is 8.14. The molecule has 0 aromatic heterocycles. The van der Waals surface area contributed by atoms with Crippen LogP contribution in [0.4, 0.5) is 0 Å². The molecule has 2 atom stereocenters. The molecule has 5 nitrogen and oxygen atoms in total. The second-order valence-electron chi connectivity index (χ2n) is 12.2. The number of ketones is 1. The summed E-state index contributed by atoms with van der Waals surface area (Å²) in [6.07, 6.45) is 16.9. The first-order chi connectivity index (χ1) is 23.4. The van der Waals surface area contributed by atoms with Gasteiger partial charge in [-0.15, -0.1) is 0 Å². The first-order valence-corrected chi connectivity index (χ1v) is 17.2. The van der Waals surface area contributed by atoms with E-state index in [2.05, 4.69) is 26.5 Å². The Morgan fingerprint density at radius 1 is 0.792 bits per heavy atom. The number of hydrogen-bond donors (Lipinski definition) is 1. The summed E-state index contributed by atoms with van der Waals surface area (Å²) in [6.45, 7) is 9.90. The molecule has 1 aliphatic rings. The van der Waals surface area contributed by atoms with Crippen molar-refractivity contribution >= 4 is 11.9 Å². The SMILES string of the molecule is C=C(/C=C/C1=CC(CCCC)C(O)C(OCc2ccccc2)=C1)CC(=O)/C=C/c1ccc(OCCCCC)c(OCc2ccccc2)c1. The number of benzene rings is 3. The normalized spacial score (nSPS) is 16.1. The number of aliphatic hydroxyl groups excluding tert-OH is 1. The van der Waals surface area contributed by atoms with E-state index in [0.29, 0.717) is 42.7 Å². The summed E-state index contributed by atoms with van der Waals surface area (Å²) < 4.78 is 18.3. The van der Waals surface area contributed by atoms with E-state index >= 15 is 0 Å². The van der Waals surface area contributed by atoms with Crippen LogP contribution in [-0.2, 0) is 22.7 Å². The van der Waals surface area contributed by atoms with Crippen LogP contribution in [0.2, 0.25) is 0 Å². The number of ether oxygens (including phenoxy) is 3. The molecule has 48 heavy (non-hydrogen) atoms. The molecular weight excluding hydrogens is 596 g/mol. The molecule has 1 aliphatic carbocycles. The van der Waals surface area contributed by atoms with Gasteiger partial charge in [0.2, 0.25) is 0 Å². The summed E-state index contributed by atoms with van der Waals surface area (Å²) >= 11 is 0. The lowest BCUT2D eigenvalue weighted by atomic mass is 9.87. The van der Waals surface area contributed by atoms with Crippen molar-refractivity contribution in [2.45, 2.75) is 78.1 Å². The third-order valence-electron chi connectivity index (χ3n) is 8.14. The van der Waals surface area contributed by atoms with E-state index < -0.39 is 6.10 Å². The quantitative estimate of drug-likeness (QED) is 0.0752. The first-order valence-electron chi connectivity index (χ1n) is 17.2. The van der Waals surface area contributed by atoms with Gasteiger partial charge < -0.3 is 19.3 Å². The Morgan fingerprint density at radius 2 is 1.48 bits per heavy atom. The molecule has 0 amide bonds. The minimum absolute atomic E-state index is 0.0344. The maximum absolute atomic E-state index is 12.9. The fourth-order valence-corrected chi connectivity index (χ4v) is 5.37. The predicted molar refractivity (Wildman–Crippen MR) is 196 cm³/mol. The Hall–Kier alpha value is -4.61. The summed E-state index contributed by atoms with van der Waals surface area (Å²) in [4.78, 5) is 12.9. The van der Waals surface area contributed by atoms with Crippen LogP contribution in [0.1, 0.15) is 75.5 Å². The molecule has 0 saturated heterocycles. The van der Waals surface area contributed by atoms with Gasteiger partial charge >= 0.3 is 0 Å². The van der Waals surface area contributed by atoms with E-state index in [1.54, 1.807) is 12.2 Å². The molecule has 0 fully saturated rings. The largest absolute Gasteiger partial charge is 0.490 e. The van der Waals surface area contributed by atoms with Crippen molar-refractivity contribution in [3.8, 4) is 11.5 Å². The molecule has 0 spiro atoms. The standard InChI is InChI=1S/C43H50O5/c1-4-6-14-26-46-40-25-23-34(29-41(40)47-31-35-15-10-8-11-16-35)22-24-39(44)27-33(3)20-21-37-28-38(19-7-5-2)43(45)42(30-37)48-32-36-17-12-9-13-18-36/h8-13,15-18,20-25,28-30,38,43,45H,3-7,14,19,26-27,31-32H2,1-2H3/b21-20+,24-22+. The lowest BCUT2D eigenvalue weighted by Crippen LogP contribution is -2.26. The zero-order valence-electron chi connectivity index (χ0n) is 28.5. The van der Waals surface area contributed by atoms with E-state index in [1.807, 2.05) is 97.1 Å². The molecule has 4 rings (SSSR count). The Kier molecular flexibility index (Phi) is 15.0. The van der Waals surface area contributed by atoms with Crippen LogP contribution in [0.25, 0.3) is 6.08 Å². The van der Waals surface area contributed by atoms with Gasteiger partial charge in [0.25, 0.3) is 0 Å². The Bertz CT molecular complexity index is 1570. The number of aliphatic hydroxyl groups is 1. The summed E-state index contributed by atoms with van der Waals surface area (Å²) in [6, 6.07) is 25.7. The molecule has 0 saturated carbocycles. The highest BCUT2D eigenvalue weighted by Gasteiger charge is 2.26. The molecular formula is C43H50O5. The van der Waals surface area contributed by atoms with Gasteiger partial charge in [-0.2, -0.15) is 0 Å². The van der Waals surface area contributed by atoms with Crippen molar-refractivity contribution in [3.05, 3.63) is 149 Å². The summed E-state index contributed by atoms with van der Waals surface area (Å²) in [5.74, 6) is 1.84. The monoisotopic (exact) mass is 646 g/mol. The highest BCUT2D eigenvalue weighted by molar-refractivity contribution is 5.95. The number of unbranched alkanes of at least 4 members (excludes halogenated alkanes) is 3. The van der Waals surface area contributed by atoms with Crippen LogP contribution in [0.15, 0.2) is 133 Å². The van der Waals surface area contributed by atoms with Gasteiger partial charge in [-0.3, -0.25) is 4.79 Å². The van der Waals surface area contributed by atoms with Gasteiger partial charge in [0.05, 0.1) is 6.61 Å². The van der Waals surface area contributed by atoms with Crippen LogP contribution in [0, 0.1) is 5.92 Å². The fourth-order valence-electron chi connectivity index (χ4n) is 5.37. The Labute approximate surface area is 287 Å². The van der Waals surface area contributed by atoms with E-state index in [1.165, 1.54) is 0 Å². The van der Waals surface area contributed by atoms with Crippen LogP contribution >= 0.6 is 0 Å². The van der Waals surface area contributed by atoms with Crippen molar-refractivity contribution < 1.29 is 24.1 Å². The minimum atomic E-state index is -0.682. The van der Waals surface area contributed by atoms with Crippen molar-refractivity contribution in [3.63, 3.8) is 0 Å². The van der Waals surface area contributed by atoms with Gasteiger partial charge in [0.15, 0.2) is 17.3 Å². The lowest BCUT2D eigenvalue weighted by Gasteiger charge is -2.27. The minimum Gasteiger partial charge on any atom is -0.490 e. The third kappa shape index (κ3) is 12.2. The number of allylic oxidation sites excluding steroid dienone is 6. The highest BCUT2D eigenvalue weighted by Crippen LogP contribution is 2.31. The second kappa shape index (κ2) is 19.9. The Morgan fingerprint density at radius 3 is 2.17 bits per heavy atom. The summed E-state index contributed by atoms with van der Waals surface area (Å²) in [7, 11) is 0. The topological polar surface area (TPSA) is 65.0 Å². The van der Waals surface area contributed by atoms with Crippen LogP contribution < -0.4 is 9.47 Å². The van der Waals surface area contributed by atoms with Crippen molar-refractivity contribution in [2.24, 2.45) is 5.92 Å². The molecule has 3 aromatic rings. The van der Waals surface area contributed by atoms with Crippen LogP contribution in [0.5, 0.6) is 11.5 Å². The second-order valence-corrected chi connectivity index (χ2v) is 12.2.